The summed E-state index contributed by atoms with van der Waals surface area (Å²) in [5.41, 5.74) is 12.5. The van der Waals surface area contributed by atoms with E-state index in [0.717, 1.165) is 0 Å². The van der Waals surface area contributed by atoms with Gasteiger partial charge in [-0.25, -0.2) is 0 Å². The van der Waals surface area contributed by atoms with Gasteiger partial charge in [0, 0.05) is 62.5 Å². The van der Waals surface area contributed by atoms with Crippen LogP contribution in [-0.4, -0.2) is 0 Å². The van der Waals surface area contributed by atoms with Crippen LogP contribution in [0.3, 0.4) is 0 Å². The second-order valence-corrected chi connectivity index (χ2v) is 19.9. The molecule has 0 fully saturated rings. The van der Waals surface area contributed by atoms with E-state index in [0.29, 0.717) is 0 Å². The van der Waals surface area contributed by atoms with E-state index in [1.54, 1.807) is 0 Å². The molecule has 0 aliphatic carbocycles. The zero-order chi connectivity index (χ0) is 40.1. The Labute approximate surface area is 357 Å². The highest BCUT2D eigenvalue weighted by Crippen LogP contribution is 2.60. The van der Waals surface area contributed by atoms with E-state index in [2.05, 4.69) is 207 Å². The van der Waals surface area contributed by atoms with Crippen molar-refractivity contribution in [3.8, 4) is 0 Å². The van der Waals surface area contributed by atoms with Gasteiger partial charge in [0.25, 0.3) is 0 Å². The van der Waals surface area contributed by atoms with Crippen molar-refractivity contribution in [2.24, 2.45) is 0 Å². The van der Waals surface area contributed by atoms with E-state index in [-0.39, 0.29) is 10.8 Å². The van der Waals surface area contributed by atoms with Gasteiger partial charge in [-0.2, -0.15) is 0 Å². The molecule has 60 heavy (non-hydrogen) atoms. The highest BCUT2D eigenvalue weighted by Gasteiger charge is 2.41. The van der Waals surface area contributed by atoms with Crippen LogP contribution in [-0.2, 0) is 10.8 Å². The number of nitrogens with zero attached hydrogens (tertiary/aromatic N) is 2. The van der Waals surface area contributed by atoms with E-state index in [4.69, 9.17) is 0 Å². The van der Waals surface area contributed by atoms with Crippen molar-refractivity contribution < 1.29 is 0 Å². The number of benzene rings is 9. The third-order valence-electron chi connectivity index (χ3n) is 13.7. The summed E-state index contributed by atoms with van der Waals surface area (Å²) >= 11 is 3.86. The molecule has 0 spiro atoms. The molecule has 286 valence electrons. The van der Waals surface area contributed by atoms with Crippen LogP contribution in [0.2, 0.25) is 0 Å². The zero-order valence-corrected chi connectivity index (χ0v) is 35.5. The van der Waals surface area contributed by atoms with Gasteiger partial charge in [-0.05, 0) is 117 Å². The molecule has 4 heteroatoms. The summed E-state index contributed by atoms with van der Waals surface area (Å²) in [6.45, 7) is 9.65. The Morgan fingerprint density at radius 3 is 1.12 bits per heavy atom. The Hall–Kier alpha value is -6.46. The Morgan fingerprint density at radius 1 is 0.350 bits per heavy atom. The number of thiophene rings is 2. The summed E-state index contributed by atoms with van der Waals surface area (Å²) in [6, 6.07) is 64.0. The molecule has 4 heterocycles. The lowest BCUT2D eigenvalue weighted by atomic mass is 9.72. The van der Waals surface area contributed by atoms with Crippen LogP contribution >= 0.6 is 22.7 Å². The third kappa shape index (κ3) is 4.58. The van der Waals surface area contributed by atoms with Gasteiger partial charge in [-0.3, -0.25) is 0 Å². The van der Waals surface area contributed by atoms with Crippen molar-refractivity contribution in [1.29, 1.82) is 0 Å². The van der Waals surface area contributed by atoms with Gasteiger partial charge in [-0.1, -0.05) is 125 Å². The highest BCUT2D eigenvalue weighted by molar-refractivity contribution is 7.27. The van der Waals surface area contributed by atoms with Crippen LogP contribution in [0.25, 0.3) is 61.9 Å². The van der Waals surface area contributed by atoms with Gasteiger partial charge >= 0.3 is 0 Å². The number of rotatable bonds is 2. The molecule has 2 aromatic heterocycles. The summed E-state index contributed by atoms with van der Waals surface area (Å²) in [5.74, 6) is 0. The van der Waals surface area contributed by atoms with Gasteiger partial charge < -0.3 is 9.80 Å². The van der Waals surface area contributed by atoms with E-state index >= 15 is 0 Å². The molecule has 0 amide bonds. The summed E-state index contributed by atoms with van der Waals surface area (Å²) in [6.07, 6.45) is 0. The fourth-order valence-corrected chi connectivity index (χ4v) is 13.0. The average molecular weight is 805 g/mol. The normalized spacial score (nSPS) is 15.2. The summed E-state index contributed by atoms with van der Waals surface area (Å²) in [5, 5.41) is 10.4. The molecule has 0 saturated heterocycles. The number of hydrogen-bond donors (Lipinski definition) is 0. The molecule has 0 saturated carbocycles. The maximum atomic E-state index is 2.56. The van der Waals surface area contributed by atoms with E-state index in [1.165, 1.54) is 118 Å². The lowest BCUT2D eigenvalue weighted by molar-refractivity contribution is 0.634. The quantitative estimate of drug-likeness (QED) is 0.172. The first-order chi connectivity index (χ1) is 29.3. The minimum Gasteiger partial charge on any atom is -0.309 e. The molecule has 9 aromatic carbocycles. The Kier molecular flexibility index (Phi) is 6.92. The van der Waals surface area contributed by atoms with Gasteiger partial charge in [0.05, 0.1) is 22.7 Å². The third-order valence-corrected chi connectivity index (χ3v) is 16.0. The first-order valence-corrected chi connectivity index (χ1v) is 22.6. The lowest BCUT2D eigenvalue weighted by Gasteiger charge is -2.43. The molecule has 13 rings (SSSR count). The van der Waals surface area contributed by atoms with Gasteiger partial charge in [0.1, 0.15) is 0 Å². The Bertz CT molecular complexity index is 3370. The van der Waals surface area contributed by atoms with Crippen LogP contribution in [0.1, 0.15) is 49.9 Å². The first kappa shape index (κ1) is 34.4. The number of anilines is 6. The van der Waals surface area contributed by atoms with Crippen LogP contribution in [0.5, 0.6) is 0 Å². The molecule has 0 atom stereocenters. The topological polar surface area (TPSA) is 6.48 Å². The van der Waals surface area contributed by atoms with Crippen molar-refractivity contribution in [3.63, 3.8) is 0 Å². The molecule has 2 aliphatic heterocycles. The summed E-state index contributed by atoms with van der Waals surface area (Å²) < 4.78 is 5.29. The van der Waals surface area contributed by atoms with Crippen LogP contribution in [0, 0.1) is 0 Å². The van der Waals surface area contributed by atoms with Gasteiger partial charge in [0.2, 0.25) is 0 Å². The van der Waals surface area contributed by atoms with Crippen molar-refractivity contribution in [3.05, 3.63) is 192 Å². The largest absolute Gasteiger partial charge is 0.309 e. The number of fused-ring (bicyclic) bond motifs is 14. The average Bonchev–Trinajstić information content (AvgIpc) is 3.83. The van der Waals surface area contributed by atoms with Crippen molar-refractivity contribution in [2.45, 2.75) is 38.5 Å². The molecule has 2 nitrogen and oxygen atoms in total. The van der Waals surface area contributed by atoms with Crippen LogP contribution in [0.4, 0.5) is 34.1 Å². The predicted molar refractivity (Wildman–Crippen MR) is 261 cm³/mol. The van der Waals surface area contributed by atoms with Gasteiger partial charge in [-0.15, -0.1) is 22.7 Å². The minimum absolute atomic E-state index is 0.210. The second kappa shape index (κ2) is 12.1. The van der Waals surface area contributed by atoms with Crippen molar-refractivity contribution >= 4 is 119 Å². The predicted octanol–water partition coefficient (Wildman–Crippen LogP) is 16.9. The molecule has 0 N–H and O–H groups in total. The zero-order valence-electron chi connectivity index (χ0n) is 33.9. The maximum absolute atomic E-state index is 2.56. The molecule has 0 bridgehead atoms. The summed E-state index contributed by atoms with van der Waals surface area (Å²) in [4.78, 5) is 5.12. The smallest absolute Gasteiger partial charge is 0.0595 e. The van der Waals surface area contributed by atoms with Crippen molar-refractivity contribution in [2.75, 3.05) is 9.80 Å². The van der Waals surface area contributed by atoms with Crippen LogP contribution < -0.4 is 9.80 Å². The Balaban J connectivity index is 1.11. The van der Waals surface area contributed by atoms with Crippen molar-refractivity contribution in [1.82, 2.24) is 0 Å². The molecular formula is C56H40N2S2. The molecular weight excluding hydrogens is 765 g/mol. The van der Waals surface area contributed by atoms with E-state index in [9.17, 15) is 0 Å². The first-order valence-electron chi connectivity index (χ1n) is 20.9. The minimum atomic E-state index is -0.210. The molecule has 0 unspecified atom stereocenters. The van der Waals surface area contributed by atoms with Crippen LogP contribution in [0.15, 0.2) is 170 Å². The Morgan fingerprint density at radius 2 is 0.717 bits per heavy atom. The maximum Gasteiger partial charge on any atom is 0.0595 e. The molecule has 11 aromatic rings. The molecule has 0 radical (unpaired) electrons. The monoisotopic (exact) mass is 804 g/mol. The highest BCUT2D eigenvalue weighted by atomic mass is 32.1. The second-order valence-electron chi connectivity index (χ2n) is 17.7. The van der Waals surface area contributed by atoms with E-state index < -0.39 is 0 Å². The van der Waals surface area contributed by atoms with Gasteiger partial charge in [0.15, 0.2) is 0 Å². The summed E-state index contributed by atoms with van der Waals surface area (Å²) in [7, 11) is 0. The fraction of sp³-hybridized carbons (Fsp3) is 0.107. The molecule has 2 aliphatic rings. The fourth-order valence-electron chi connectivity index (χ4n) is 10.7. The lowest BCUT2D eigenvalue weighted by Crippen LogP contribution is -2.30. The van der Waals surface area contributed by atoms with E-state index in [1.807, 2.05) is 22.7 Å². The standard InChI is InChI=1S/C56H40N2S2/c1-55(2)41-23-25-47-51(53(41)57(37-19-7-5-8-20-37)45-29-35-17-13-11-15-33(35)27-43(45)55)39-31-50-40(32-49(39)59-47)52-48(60-50)26-24-42-54(52)58(38-21-9-6-10-22-38)46-30-36-18-14-12-16-34(36)28-44(46)56(42,3)4/h5-32H,1-4H3. The number of para-hydroxylation sites is 2. The SMILES string of the molecule is CC1(C)c2cc3ccccc3cc2N(c2ccccc2)c2c1ccc1sc3cc4c(cc3c21)sc1ccc2c(c14)N(c1ccccc1)c1cc3ccccc3cc1C2(C)C. The number of hydrogen-bond acceptors (Lipinski definition) is 4.